The second-order valence-corrected chi connectivity index (χ2v) is 8.27. The van der Waals surface area contributed by atoms with Crippen LogP contribution in [0.15, 0.2) is 24.3 Å². The second-order valence-electron chi connectivity index (χ2n) is 7.16. The van der Waals surface area contributed by atoms with E-state index in [1.54, 1.807) is 29.8 Å². The molecule has 0 aromatic heterocycles. The molecule has 4 atom stereocenters. The average Bonchev–Trinajstić information content (AvgIpc) is 3.26. The van der Waals surface area contributed by atoms with Crippen molar-refractivity contribution in [3.8, 4) is 0 Å². The molecular weight excluding hydrogens is 378 g/mol. The summed E-state index contributed by atoms with van der Waals surface area (Å²) in [6.07, 6.45) is 0.749. The van der Waals surface area contributed by atoms with Gasteiger partial charge < -0.3 is 20.3 Å². The summed E-state index contributed by atoms with van der Waals surface area (Å²) in [4.78, 5) is 40.1. The molecule has 2 heterocycles. The molecule has 1 fully saturated rings. The third kappa shape index (κ3) is 3.89. The SMILES string of the molecule is CCC(C)[C@H](NC(=O)[C@@H]1CSC2c3ccccc3C(=O)N21)C(=O)NCCOC. The molecular formula is C20H27N3O4S. The van der Waals surface area contributed by atoms with Crippen LogP contribution in [0.3, 0.4) is 0 Å². The van der Waals surface area contributed by atoms with Crippen molar-refractivity contribution in [1.29, 1.82) is 0 Å². The number of nitrogens with zero attached hydrogens (tertiary/aromatic N) is 1. The van der Waals surface area contributed by atoms with Gasteiger partial charge >= 0.3 is 0 Å². The number of carbonyl (C=O) groups is 3. The summed E-state index contributed by atoms with van der Waals surface area (Å²) in [5.41, 5.74) is 1.62. The maximum atomic E-state index is 13.0. The molecule has 152 valence electrons. The summed E-state index contributed by atoms with van der Waals surface area (Å²) >= 11 is 1.59. The lowest BCUT2D eigenvalue weighted by atomic mass is 9.98. The number of rotatable bonds is 8. The predicted molar refractivity (Wildman–Crippen MR) is 108 cm³/mol. The molecule has 2 N–H and O–H groups in total. The van der Waals surface area contributed by atoms with Crippen molar-refractivity contribution in [2.45, 2.75) is 37.7 Å². The van der Waals surface area contributed by atoms with E-state index in [9.17, 15) is 14.4 Å². The fourth-order valence-corrected chi connectivity index (χ4v) is 5.04. The lowest BCUT2D eigenvalue weighted by molar-refractivity contribution is -0.132. The first-order chi connectivity index (χ1) is 13.5. The van der Waals surface area contributed by atoms with Gasteiger partial charge in [-0.2, -0.15) is 0 Å². The van der Waals surface area contributed by atoms with E-state index < -0.39 is 12.1 Å². The third-order valence-electron chi connectivity index (χ3n) is 5.39. The number of methoxy groups -OCH3 is 1. The van der Waals surface area contributed by atoms with Gasteiger partial charge in [-0.3, -0.25) is 14.4 Å². The van der Waals surface area contributed by atoms with Crippen LogP contribution in [0, 0.1) is 5.92 Å². The van der Waals surface area contributed by atoms with Crippen molar-refractivity contribution >= 4 is 29.5 Å². The Morgan fingerprint density at radius 3 is 2.82 bits per heavy atom. The zero-order valence-corrected chi connectivity index (χ0v) is 17.3. The normalized spacial score (nSPS) is 22.4. The van der Waals surface area contributed by atoms with Crippen molar-refractivity contribution in [1.82, 2.24) is 15.5 Å². The van der Waals surface area contributed by atoms with E-state index in [1.165, 1.54) is 0 Å². The topological polar surface area (TPSA) is 87.7 Å². The molecule has 3 amide bonds. The number of amides is 3. The van der Waals surface area contributed by atoms with E-state index in [-0.39, 0.29) is 29.0 Å². The monoisotopic (exact) mass is 405 g/mol. The summed E-state index contributed by atoms with van der Waals surface area (Å²) in [5.74, 6) is -0.116. The number of fused-ring (bicyclic) bond motifs is 3. The Hall–Kier alpha value is -2.06. The summed E-state index contributed by atoms with van der Waals surface area (Å²) < 4.78 is 4.96. The quantitative estimate of drug-likeness (QED) is 0.641. The van der Waals surface area contributed by atoms with Crippen molar-refractivity contribution < 1.29 is 19.1 Å². The van der Waals surface area contributed by atoms with E-state index in [0.717, 1.165) is 12.0 Å². The lowest BCUT2D eigenvalue weighted by Gasteiger charge is -2.28. The minimum Gasteiger partial charge on any atom is -0.383 e. The van der Waals surface area contributed by atoms with Crippen LogP contribution in [0.5, 0.6) is 0 Å². The van der Waals surface area contributed by atoms with Crippen LogP contribution in [0.25, 0.3) is 0 Å². The smallest absolute Gasteiger partial charge is 0.256 e. The Labute approximate surface area is 169 Å². The van der Waals surface area contributed by atoms with E-state index >= 15 is 0 Å². The van der Waals surface area contributed by atoms with Gasteiger partial charge in [0.25, 0.3) is 5.91 Å². The molecule has 1 aromatic rings. The number of nitrogens with one attached hydrogen (secondary N) is 2. The highest BCUT2D eigenvalue weighted by atomic mass is 32.2. The van der Waals surface area contributed by atoms with E-state index in [2.05, 4.69) is 10.6 Å². The molecule has 0 saturated carbocycles. The van der Waals surface area contributed by atoms with Gasteiger partial charge in [-0.05, 0) is 17.5 Å². The van der Waals surface area contributed by atoms with E-state index in [0.29, 0.717) is 24.5 Å². The van der Waals surface area contributed by atoms with Gasteiger partial charge in [0.05, 0.1) is 6.61 Å². The number of ether oxygens (including phenoxy) is 1. The van der Waals surface area contributed by atoms with Gasteiger partial charge in [0.1, 0.15) is 17.5 Å². The zero-order chi connectivity index (χ0) is 20.3. The highest BCUT2D eigenvalue weighted by molar-refractivity contribution is 7.99. The first-order valence-electron chi connectivity index (χ1n) is 9.59. The molecule has 2 aliphatic heterocycles. The molecule has 2 aliphatic rings. The van der Waals surface area contributed by atoms with Gasteiger partial charge in [-0.25, -0.2) is 0 Å². The number of carbonyl (C=O) groups excluding carboxylic acids is 3. The average molecular weight is 406 g/mol. The molecule has 0 radical (unpaired) electrons. The molecule has 8 heteroatoms. The largest absolute Gasteiger partial charge is 0.383 e. The Morgan fingerprint density at radius 1 is 1.36 bits per heavy atom. The van der Waals surface area contributed by atoms with Crippen molar-refractivity contribution in [2.75, 3.05) is 26.0 Å². The molecule has 2 unspecified atom stereocenters. The molecule has 0 bridgehead atoms. The van der Waals surface area contributed by atoms with Crippen LogP contribution in [0.4, 0.5) is 0 Å². The molecule has 7 nitrogen and oxygen atoms in total. The Balaban J connectivity index is 1.71. The third-order valence-corrected chi connectivity index (χ3v) is 6.70. The highest BCUT2D eigenvalue weighted by Crippen LogP contribution is 2.48. The van der Waals surface area contributed by atoms with Gasteiger partial charge in [-0.1, -0.05) is 38.5 Å². The Kier molecular flexibility index (Phi) is 6.61. The van der Waals surface area contributed by atoms with Crippen molar-refractivity contribution in [3.05, 3.63) is 35.4 Å². The Morgan fingerprint density at radius 2 is 2.11 bits per heavy atom. The van der Waals surface area contributed by atoms with Crippen LogP contribution in [0.2, 0.25) is 0 Å². The van der Waals surface area contributed by atoms with Crippen LogP contribution in [0.1, 0.15) is 41.6 Å². The van der Waals surface area contributed by atoms with E-state index in [4.69, 9.17) is 4.74 Å². The summed E-state index contributed by atoms with van der Waals surface area (Å²) in [7, 11) is 1.57. The number of hydrogen-bond acceptors (Lipinski definition) is 5. The summed E-state index contributed by atoms with van der Waals surface area (Å²) in [6, 6.07) is 6.27. The fourth-order valence-electron chi connectivity index (χ4n) is 3.58. The summed E-state index contributed by atoms with van der Waals surface area (Å²) in [5, 5.41) is 5.57. The second kappa shape index (κ2) is 8.96. The van der Waals surface area contributed by atoms with E-state index in [1.807, 2.05) is 32.0 Å². The van der Waals surface area contributed by atoms with Gasteiger partial charge in [0.15, 0.2) is 0 Å². The maximum absolute atomic E-state index is 13.0. The minimum atomic E-state index is -0.640. The van der Waals surface area contributed by atoms with Crippen LogP contribution in [-0.2, 0) is 14.3 Å². The molecule has 1 aromatic carbocycles. The molecule has 3 rings (SSSR count). The molecule has 28 heavy (non-hydrogen) atoms. The Bertz CT molecular complexity index is 757. The number of benzene rings is 1. The van der Waals surface area contributed by atoms with Gasteiger partial charge in [-0.15, -0.1) is 11.8 Å². The summed E-state index contributed by atoms with van der Waals surface area (Å²) in [6.45, 7) is 4.71. The highest BCUT2D eigenvalue weighted by Gasteiger charge is 2.48. The van der Waals surface area contributed by atoms with Crippen LogP contribution >= 0.6 is 11.8 Å². The van der Waals surface area contributed by atoms with Crippen LogP contribution in [-0.4, -0.2) is 60.7 Å². The number of thioether (sulfide) groups is 1. The minimum absolute atomic E-state index is 0.0252. The first kappa shape index (κ1) is 20.7. The standard InChI is InChI=1S/C20H27N3O4S/c1-4-12(2)16(18(25)21-9-10-27-3)22-17(24)15-11-28-20-14-8-6-5-7-13(14)19(26)23(15)20/h5-8,12,15-16,20H,4,9-11H2,1-3H3,(H,21,25)(H,22,24)/t12?,15-,16-,20?/m0/s1. The lowest BCUT2D eigenvalue weighted by Crippen LogP contribution is -2.55. The van der Waals surface area contributed by atoms with Gasteiger partial charge in [0, 0.05) is 25.0 Å². The molecule has 0 aliphatic carbocycles. The first-order valence-corrected chi connectivity index (χ1v) is 10.6. The molecule has 0 spiro atoms. The van der Waals surface area contributed by atoms with Crippen molar-refractivity contribution in [3.63, 3.8) is 0 Å². The zero-order valence-electron chi connectivity index (χ0n) is 16.4. The van der Waals surface area contributed by atoms with Gasteiger partial charge in [0.2, 0.25) is 11.8 Å². The predicted octanol–water partition coefficient (Wildman–Crippen LogP) is 1.55. The maximum Gasteiger partial charge on any atom is 0.256 e. The van der Waals surface area contributed by atoms with Crippen LogP contribution < -0.4 is 10.6 Å². The van der Waals surface area contributed by atoms with Crippen molar-refractivity contribution in [2.24, 2.45) is 5.92 Å². The number of hydrogen-bond donors (Lipinski definition) is 2. The molecule has 1 saturated heterocycles. The fraction of sp³-hybridized carbons (Fsp3) is 0.550.